The van der Waals surface area contributed by atoms with Gasteiger partial charge in [-0.1, -0.05) is 6.07 Å². The number of fused-ring (bicyclic) bond motifs is 1. The van der Waals surface area contributed by atoms with E-state index < -0.39 is 10.0 Å². The van der Waals surface area contributed by atoms with Crippen LogP contribution in [0.25, 0.3) is 10.9 Å². The molecule has 4 aromatic rings. The monoisotopic (exact) mass is 428 g/mol. The van der Waals surface area contributed by atoms with Crippen molar-refractivity contribution in [1.29, 1.82) is 0 Å². The Balaban J connectivity index is 1.70. The molecule has 0 unspecified atom stereocenters. The smallest absolute Gasteiger partial charge is 0.246 e. The van der Waals surface area contributed by atoms with Gasteiger partial charge in [0.2, 0.25) is 10.0 Å². The van der Waals surface area contributed by atoms with E-state index in [-0.39, 0.29) is 23.8 Å². The highest BCUT2D eigenvalue weighted by Gasteiger charge is 2.29. The van der Waals surface area contributed by atoms with Crippen LogP contribution in [0.4, 0.5) is 4.39 Å². The zero-order valence-corrected chi connectivity index (χ0v) is 17.6. The predicted molar refractivity (Wildman–Crippen MR) is 110 cm³/mol. The maximum Gasteiger partial charge on any atom is 0.246 e. The molecule has 30 heavy (non-hydrogen) atoms. The van der Waals surface area contributed by atoms with Crippen LogP contribution in [0.3, 0.4) is 0 Å². The molecule has 0 saturated heterocycles. The van der Waals surface area contributed by atoms with Gasteiger partial charge in [-0.25, -0.2) is 12.8 Å². The van der Waals surface area contributed by atoms with Gasteiger partial charge in [0.25, 0.3) is 0 Å². The summed E-state index contributed by atoms with van der Waals surface area (Å²) >= 11 is 0. The molecule has 0 saturated carbocycles. The highest BCUT2D eigenvalue weighted by molar-refractivity contribution is 7.89. The predicted octanol–water partition coefficient (Wildman–Crippen LogP) is 3.65. The lowest BCUT2D eigenvalue weighted by molar-refractivity contribution is 0.406. The van der Waals surface area contributed by atoms with Crippen molar-refractivity contribution in [2.45, 2.75) is 31.8 Å². The van der Waals surface area contributed by atoms with Crippen LogP contribution >= 0.6 is 0 Å². The minimum absolute atomic E-state index is 0.117. The maximum absolute atomic E-state index is 14.1. The molecule has 4 rings (SSSR count). The van der Waals surface area contributed by atoms with Gasteiger partial charge in [0.1, 0.15) is 16.5 Å². The SMILES string of the molecule is Cc1nn(Cc2ccc(F)c3cccnc23)c(C)c1S(=O)(=O)N(C)Cc1ccco1. The van der Waals surface area contributed by atoms with Crippen LogP contribution in [0.2, 0.25) is 0 Å². The van der Waals surface area contributed by atoms with Crippen LogP contribution in [0, 0.1) is 19.7 Å². The topological polar surface area (TPSA) is 81.2 Å². The molecule has 3 heterocycles. The zero-order valence-electron chi connectivity index (χ0n) is 16.8. The Bertz CT molecular complexity index is 1310. The van der Waals surface area contributed by atoms with Gasteiger partial charge in [0.05, 0.1) is 36.3 Å². The summed E-state index contributed by atoms with van der Waals surface area (Å²) < 4.78 is 48.6. The van der Waals surface area contributed by atoms with Gasteiger partial charge >= 0.3 is 0 Å². The molecule has 0 atom stereocenters. The van der Waals surface area contributed by atoms with E-state index >= 15 is 0 Å². The molecule has 0 aliphatic heterocycles. The normalized spacial score (nSPS) is 12.2. The van der Waals surface area contributed by atoms with Crippen molar-refractivity contribution in [2.75, 3.05) is 7.05 Å². The number of sulfonamides is 1. The Kier molecular flexibility index (Phi) is 5.17. The van der Waals surface area contributed by atoms with Gasteiger partial charge in [0.15, 0.2) is 0 Å². The number of nitrogens with zero attached hydrogens (tertiary/aromatic N) is 4. The number of furan rings is 1. The highest BCUT2D eigenvalue weighted by atomic mass is 32.2. The molecule has 9 heteroatoms. The van der Waals surface area contributed by atoms with Crippen LogP contribution < -0.4 is 0 Å². The molecule has 1 aromatic carbocycles. The van der Waals surface area contributed by atoms with Gasteiger partial charge in [-0.05, 0) is 44.2 Å². The second-order valence-electron chi connectivity index (χ2n) is 7.10. The van der Waals surface area contributed by atoms with Crippen LogP contribution in [0.1, 0.15) is 22.7 Å². The van der Waals surface area contributed by atoms with Crippen LogP contribution in [-0.4, -0.2) is 34.5 Å². The third kappa shape index (κ3) is 3.50. The number of hydrogen-bond donors (Lipinski definition) is 0. The van der Waals surface area contributed by atoms with E-state index in [1.807, 2.05) is 0 Å². The number of benzene rings is 1. The molecule has 0 N–H and O–H groups in total. The van der Waals surface area contributed by atoms with Crippen LogP contribution in [0.5, 0.6) is 0 Å². The molecule has 7 nitrogen and oxygen atoms in total. The Morgan fingerprint density at radius 3 is 2.70 bits per heavy atom. The lowest BCUT2D eigenvalue weighted by atomic mass is 10.1. The van der Waals surface area contributed by atoms with Crippen molar-refractivity contribution in [3.8, 4) is 0 Å². The fraction of sp³-hybridized carbons (Fsp3) is 0.238. The summed E-state index contributed by atoms with van der Waals surface area (Å²) in [5.41, 5.74) is 2.19. The highest BCUT2D eigenvalue weighted by Crippen LogP contribution is 2.26. The fourth-order valence-corrected chi connectivity index (χ4v) is 5.06. The average molecular weight is 428 g/mol. The molecule has 156 valence electrons. The second-order valence-corrected chi connectivity index (χ2v) is 9.09. The molecule has 0 fully saturated rings. The van der Waals surface area contributed by atoms with Gasteiger partial charge in [0, 0.05) is 24.2 Å². The molecule has 0 radical (unpaired) electrons. The van der Waals surface area contributed by atoms with Gasteiger partial charge in [-0.2, -0.15) is 9.40 Å². The largest absolute Gasteiger partial charge is 0.468 e. The summed E-state index contributed by atoms with van der Waals surface area (Å²) in [7, 11) is -2.28. The maximum atomic E-state index is 14.1. The van der Waals surface area contributed by atoms with Gasteiger partial charge in [-0.15, -0.1) is 0 Å². The Hall–Kier alpha value is -3.04. The number of halogens is 1. The van der Waals surface area contributed by atoms with E-state index in [4.69, 9.17) is 4.42 Å². The number of aromatic nitrogens is 3. The first-order valence-electron chi connectivity index (χ1n) is 9.34. The minimum Gasteiger partial charge on any atom is -0.468 e. The van der Waals surface area contributed by atoms with Gasteiger partial charge in [-0.3, -0.25) is 9.67 Å². The molecule has 0 aliphatic carbocycles. The summed E-state index contributed by atoms with van der Waals surface area (Å²) in [6.45, 7) is 3.77. The lowest BCUT2D eigenvalue weighted by Gasteiger charge is -2.16. The van der Waals surface area contributed by atoms with E-state index in [1.165, 1.54) is 23.7 Å². The van der Waals surface area contributed by atoms with Crippen LogP contribution in [0.15, 0.2) is 58.2 Å². The van der Waals surface area contributed by atoms with Crippen molar-refractivity contribution >= 4 is 20.9 Å². The average Bonchev–Trinajstić information content (AvgIpc) is 3.32. The quantitative estimate of drug-likeness (QED) is 0.468. The Labute approximate surface area is 173 Å². The fourth-order valence-electron chi connectivity index (χ4n) is 3.56. The number of aryl methyl sites for hydroxylation is 1. The van der Waals surface area contributed by atoms with Gasteiger partial charge < -0.3 is 4.42 Å². The first-order valence-corrected chi connectivity index (χ1v) is 10.8. The van der Waals surface area contributed by atoms with E-state index in [2.05, 4.69) is 10.1 Å². The van der Waals surface area contributed by atoms with Crippen molar-refractivity contribution in [3.05, 3.63) is 77.4 Å². The number of pyridine rings is 1. The summed E-state index contributed by atoms with van der Waals surface area (Å²) in [6.07, 6.45) is 3.11. The molecule has 0 aliphatic rings. The van der Waals surface area contributed by atoms with Crippen LogP contribution in [-0.2, 0) is 23.1 Å². The first kappa shape index (κ1) is 20.2. The Morgan fingerprint density at radius 1 is 1.17 bits per heavy atom. The van der Waals surface area contributed by atoms with Crippen molar-refractivity contribution < 1.29 is 17.2 Å². The summed E-state index contributed by atoms with van der Waals surface area (Å²) in [5, 5.41) is 4.87. The molecule has 0 amide bonds. The minimum atomic E-state index is -3.78. The Morgan fingerprint density at radius 2 is 1.97 bits per heavy atom. The molecule has 3 aromatic heterocycles. The van der Waals surface area contributed by atoms with Crippen molar-refractivity contribution in [2.24, 2.45) is 0 Å². The lowest BCUT2D eigenvalue weighted by Crippen LogP contribution is -2.27. The molecule has 0 spiro atoms. The van der Waals surface area contributed by atoms with Crippen molar-refractivity contribution in [3.63, 3.8) is 0 Å². The zero-order chi connectivity index (χ0) is 21.5. The second kappa shape index (κ2) is 7.66. The molecule has 0 bridgehead atoms. The summed E-state index contributed by atoms with van der Waals surface area (Å²) in [4.78, 5) is 4.46. The third-order valence-electron chi connectivity index (χ3n) is 5.06. The molecular weight excluding hydrogens is 407 g/mol. The van der Waals surface area contributed by atoms with Crippen molar-refractivity contribution in [1.82, 2.24) is 19.1 Å². The van der Waals surface area contributed by atoms with E-state index in [9.17, 15) is 12.8 Å². The third-order valence-corrected chi connectivity index (χ3v) is 7.12. The standard InChI is InChI=1S/C21H21FN4O3S/c1-14-21(30(27,28)25(3)13-17-6-5-11-29-17)15(2)26(24-14)12-16-8-9-19(22)18-7-4-10-23-20(16)18/h4-11H,12-13H2,1-3H3. The summed E-state index contributed by atoms with van der Waals surface area (Å²) in [5.74, 6) is 0.200. The van der Waals surface area contributed by atoms with E-state index in [0.717, 1.165) is 5.56 Å². The number of rotatable bonds is 6. The van der Waals surface area contributed by atoms with E-state index in [0.29, 0.717) is 28.1 Å². The number of hydrogen-bond acceptors (Lipinski definition) is 5. The van der Waals surface area contributed by atoms with E-state index in [1.54, 1.807) is 55.1 Å². The molecular formula is C21H21FN4O3S. The summed E-state index contributed by atoms with van der Waals surface area (Å²) in [6, 6.07) is 9.82. The first-order chi connectivity index (χ1) is 14.3.